The molecular formula is C40H66N8O10. The van der Waals surface area contributed by atoms with E-state index in [1.165, 1.54) is 4.90 Å². The van der Waals surface area contributed by atoms with E-state index in [1.54, 1.807) is 44.2 Å². The Morgan fingerprint density at radius 1 is 0.707 bits per heavy atom. The number of primary amides is 1. The van der Waals surface area contributed by atoms with Gasteiger partial charge in [0.2, 0.25) is 41.4 Å². The van der Waals surface area contributed by atoms with Crippen LogP contribution in [0.4, 0.5) is 0 Å². The first kappa shape index (κ1) is 50.9. The number of hydrogen-bond donors (Lipinski definition) is 9. The first-order valence-electron chi connectivity index (χ1n) is 19.7. The predicted molar refractivity (Wildman–Crippen MR) is 216 cm³/mol. The van der Waals surface area contributed by atoms with Crippen LogP contribution in [0.3, 0.4) is 0 Å². The highest BCUT2D eigenvalue weighted by atomic mass is 16.4. The lowest BCUT2D eigenvalue weighted by molar-refractivity contribution is -0.141. The molecule has 0 saturated heterocycles. The number of hydrogen-bond acceptors (Lipinski definition) is 10. The average Bonchev–Trinajstić information content (AvgIpc) is 3.11. The van der Waals surface area contributed by atoms with E-state index in [-0.39, 0.29) is 43.0 Å². The molecule has 0 aromatic heterocycles. The fourth-order valence-electron chi connectivity index (χ4n) is 6.13. The molecule has 58 heavy (non-hydrogen) atoms. The lowest BCUT2D eigenvalue weighted by Crippen LogP contribution is -2.60. The van der Waals surface area contributed by atoms with E-state index in [9.17, 15) is 43.5 Å². The maximum atomic E-state index is 13.8. The SMILES string of the molecule is CC(C)CC(=O)N(C[C@H](CC(C)C)NC(=O)CNC(=O)[C@@H](NC(=O)[C@H](Cc1ccccc1)NC(=O)[C@H](CO)NC(=O)[C@@H](N)CC(=O)O)C(C)C)[C@@H](CC(C)C)C(N)=O. The van der Waals surface area contributed by atoms with Crippen molar-refractivity contribution in [3.63, 3.8) is 0 Å². The van der Waals surface area contributed by atoms with Crippen LogP contribution in [-0.4, -0.2) is 118 Å². The molecular weight excluding hydrogens is 752 g/mol. The molecule has 0 aliphatic carbocycles. The van der Waals surface area contributed by atoms with Crippen LogP contribution < -0.4 is 38.1 Å². The Bertz CT molecular complexity index is 1540. The maximum absolute atomic E-state index is 13.8. The summed E-state index contributed by atoms with van der Waals surface area (Å²) in [6.07, 6.45) is 0.197. The van der Waals surface area contributed by atoms with Crippen molar-refractivity contribution in [3.8, 4) is 0 Å². The fourth-order valence-corrected chi connectivity index (χ4v) is 6.13. The van der Waals surface area contributed by atoms with Crippen LogP contribution in [0.15, 0.2) is 30.3 Å². The summed E-state index contributed by atoms with van der Waals surface area (Å²) in [5.74, 6) is -6.62. The molecule has 0 spiro atoms. The lowest BCUT2D eigenvalue weighted by atomic mass is 9.97. The first-order valence-corrected chi connectivity index (χ1v) is 19.7. The van der Waals surface area contributed by atoms with Crippen LogP contribution in [0, 0.1) is 23.7 Å². The minimum absolute atomic E-state index is 0.0108. The molecule has 0 aliphatic rings. The third kappa shape index (κ3) is 18.9. The van der Waals surface area contributed by atoms with Crippen molar-refractivity contribution >= 4 is 47.3 Å². The van der Waals surface area contributed by atoms with Gasteiger partial charge in [-0.15, -0.1) is 0 Å². The van der Waals surface area contributed by atoms with Crippen LogP contribution in [0.1, 0.15) is 86.6 Å². The van der Waals surface area contributed by atoms with Crippen molar-refractivity contribution < 1.29 is 48.6 Å². The zero-order chi connectivity index (χ0) is 44.3. The van der Waals surface area contributed by atoms with Gasteiger partial charge in [-0.3, -0.25) is 38.4 Å². The fraction of sp³-hybridized carbons (Fsp3) is 0.650. The Morgan fingerprint density at radius 3 is 1.78 bits per heavy atom. The molecule has 0 saturated carbocycles. The number of carbonyl (C=O) groups is 8. The van der Waals surface area contributed by atoms with E-state index in [0.717, 1.165) is 0 Å². The highest BCUT2D eigenvalue weighted by molar-refractivity contribution is 5.96. The summed E-state index contributed by atoms with van der Waals surface area (Å²) in [5, 5.41) is 31.6. The van der Waals surface area contributed by atoms with Crippen LogP contribution in [-0.2, 0) is 44.8 Å². The van der Waals surface area contributed by atoms with Crippen molar-refractivity contribution in [2.75, 3.05) is 19.7 Å². The number of aliphatic hydroxyl groups is 1. The third-order valence-corrected chi connectivity index (χ3v) is 8.97. The number of benzene rings is 1. The minimum atomic E-state index is -1.59. The monoisotopic (exact) mass is 818 g/mol. The van der Waals surface area contributed by atoms with Crippen LogP contribution in [0.5, 0.6) is 0 Å². The number of aliphatic carboxylic acids is 1. The molecule has 18 nitrogen and oxygen atoms in total. The molecule has 7 amide bonds. The van der Waals surface area contributed by atoms with E-state index in [1.807, 2.05) is 41.5 Å². The van der Waals surface area contributed by atoms with Gasteiger partial charge < -0.3 is 53.2 Å². The average molecular weight is 819 g/mol. The highest BCUT2D eigenvalue weighted by Crippen LogP contribution is 2.18. The van der Waals surface area contributed by atoms with Gasteiger partial charge in [0.15, 0.2) is 0 Å². The third-order valence-electron chi connectivity index (χ3n) is 8.97. The lowest BCUT2D eigenvalue weighted by Gasteiger charge is -2.35. The van der Waals surface area contributed by atoms with E-state index >= 15 is 0 Å². The van der Waals surface area contributed by atoms with Crippen molar-refractivity contribution in [2.24, 2.45) is 35.1 Å². The number of carboxylic acid groups (broad SMARTS) is 1. The van der Waals surface area contributed by atoms with Crippen LogP contribution in [0.2, 0.25) is 0 Å². The highest BCUT2D eigenvalue weighted by Gasteiger charge is 2.34. The number of nitrogens with one attached hydrogen (secondary N) is 5. The Labute approximate surface area is 341 Å². The van der Waals surface area contributed by atoms with Crippen molar-refractivity contribution in [1.82, 2.24) is 31.5 Å². The molecule has 326 valence electrons. The molecule has 1 rings (SSSR count). The van der Waals surface area contributed by atoms with Gasteiger partial charge in [-0.2, -0.15) is 0 Å². The molecule has 0 unspecified atom stereocenters. The Balaban J connectivity index is 3.20. The molecule has 0 fully saturated rings. The first-order chi connectivity index (χ1) is 27.0. The molecule has 6 atom stereocenters. The number of nitrogens with zero attached hydrogens (tertiary/aromatic N) is 1. The number of carboxylic acids is 1. The number of nitrogens with two attached hydrogens (primary N) is 2. The minimum Gasteiger partial charge on any atom is -0.481 e. The molecule has 1 aromatic carbocycles. The normalized spacial score (nSPS) is 14.4. The van der Waals surface area contributed by atoms with Gasteiger partial charge >= 0.3 is 5.97 Å². The largest absolute Gasteiger partial charge is 0.481 e. The van der Waals surface area contributed by atoms with Gasteiger partial charge in [0, 0.05) is 25.4 Å². The summed E-state index contributed by atoms with van der Waals surface area (Å²) in [4.78, 5) is 105. The second kappa shape index (κ2) is 25.3. The topological polar surface area (TPSA) is 292 Å². The summed E-state index contributed by atoms with van der Waals surface area (Å²) in [6, 6.07) is 1.56. The zero-order valence-corrected chi connectivity index (χ0v) is 35.1. The molecule has 0 aliphatic heterocycles. The maximum Gasteiger partial charge on any atom is 0.305 e. The van der Waals surface area contributed by atoms with Gasteiger partial charge in [0.05, 0.1) is 25.6 Å². The van der Waals surface area contributed by atoms with Crippen molar-refractivity contribution in [1.29, 1.82) is 0 Å². The summed E-state index contributed by atoms with van der Waals surface area (Å²) < 4.78 is 0. The number of aliphatic hydroxyl groups excluding tert-OH is 1. The zero-order valence-electron chi connectivity index (χ0n) is 35.1. The van der Waals surface area contributed by atoms with E-state index in [0.29, 0.717) is 18.4 Å². The molecule has 18 heteroatoms. The van der Waals surface area contributed by atoms with Gasteiger partial charge in [-0.1, -0.05) is 85.7 Å². The molecule has 0 heterocycles. The van der Waals surface area contributed by atoms with E-state index < -0.39 is 103 Å². The summed E-state index contributed by atoms with van der Waals surface area (Å²) in [6.45, 7) is 13.5. The number of carbonyl (C=O) groups excluding carboxylic acids is 7. The summed E-state index contributed by atoms with van der Waals surface area (Å²) in [7, 11) is 0. The van der Waals surface area contributed by atoms with Crippen molar-refractivity contribution in [2.45, 2.75) is 124 Å². The Kier molecular flexibility index (Phi) is 22.2. The van der Waals surface area contributed by atoms with Crippen molar-refractivity contribution in [3.05, 3.63) is 35.9 Å². The van der Waals surface area contributed by atoms with Gasteiger partial charge in [0.1, 0.15) is 24.2 Å². The number of rotatable bonds is 26. The molecule has 0 radical (unpaired) electrons. The van der Waals surface area contributed by atoms with E-state index in [4.69, 9.17) is 16.6 Å². The van der Waals surface area contributed by atoms with E-state index in [2.05, 4.69) is 26.6 Å². The Hall–Kier alpha value is -5.10. The van der Waals surface area contributed by atoms with Gasteiger partial charge in [0.25, 0.3) is 0 Å². The number of amides is 7. The standard InChI is InChI=1S/C40H66N8O10/c1-22(2)14-27(20-48(33(51)16-24(5)6)31(36(42)54)15-23(3)4)44-32(50)19-43-40(58)35(25(7)8)47-38(56)29(17-26-12-10-9-11-13-26)45-39(57)30(21-49)46-37(55)28(41)18-34(52)53/h9-13,22-25,27-31,35,49H,14-21,41H2,1-8H3,(H2,42,54)(H,43,58)(H,44,50)(H,45,57)(H,46,55)(H,47,56)(H,52,53)/t27-,28-,29-,30-,31-,35-/m0/s1. The van der Waals surface area contributed by atoms with Gasteiger partial charge in [-0.05, 0) is 42.1 Å². The summed E-state index contributed by atoms with van der Waals surface area (Å²) in [5.41, 5.74) is 12.0. The Morgan fingerprint density at radius 2 is 1.28 bits per heavy atom. The van der Waals surface area contributed by atoms with Crippen LogP contribution in [0.25, 0.3) is 0 Å². The van der Waals surface area contributed by atoms with Gasteiger partial charge in [-0.25, -0.2) is 0 Å². The molecule has 11 N–H and O–H groups in total. The van der Waals surface area contributed by atoms with Crippen LogP contribution >= 0.6 is 0 Å². The predicted octanol–water partition coefficient (Wildman–Crippen LogP) is -0.444. The second-order valence-electron chi connectivity index (χ2n) is 16.2. The second-order valence-corrected chi connectivity index (χ2v) is 16.2. The molecule has 1 aromatic rings. The quantitative estimate of drug-likeness (QED) is 0.0577. The summed E-state index contributed by atoms with van der Waals surface area (Å²) >= 11 is 0. The smallest absolute Gasteiger partial charge is 0.305 e. The molecule has 0 bridgehead atoms.